The van der Waals surface area contributed by atoms with Gasteiger partial charge in [0.25, 0.3) is 0 Å². The van der Waals surface area contributed by atoms with Crippen LogP contribution in [0.4, 0.5) is 0 Å². The molecule has 0 aromatic rings. The Morgan fingerprint density at radius 2 is 1.92 bits per heavy atom. The van der Waals surface area contributed by atoms with Gasteiger partial charge >= 0.3 is 0 Å². The maximum Gasteiger partial charge on any atom is 0.137 e. The van der Waals surface area contributed by atoms with E-state index in [1.807, 2.05) is 0 Å². The first kappa shape index (κ1) is 17.5. The fourth-order valence-electron chi connectivity index (χ4n) is 8.14. The van der Waals surface area contributed by atoms with Gasteiger partial charge in [-0.05, 0) is 78.9 Å². The molecular weight excluding hydrogens is 320 g/mol. The third-order valence-corrected chi connectivity index (χ3v) is 9.74. The van der Waals surface area contributed by atoms with E-state index in [9.17, 15) is 4.79 Å². The summed E-state index contributed by atoms with van der Waals surface area (Å²) >= 11 is 0. The Morgan fingerprint density at radius 3 is 2.65 bits per heavy atom. The number of ether oxygens (including phenoxy) is 1. The fraction of sp³-hybridized carbons (Fsp3) is 0.875. The molecule has 9 atom stereocenters. The van der Waals surface area contributed by atoms with E-state index in [0.717, 1.165) is 30.8 Å². The monoisotopic (exact) mass is 356 g/mol. The average molecular weight is 357 g/mol. The van der Waals surface area contributed by atoms with Gasteiger partial charge in [-0.1, -0.05) is 39.3 Å². The molecule has 5 rings (SSSR count). The number of hydrogen-bond donors (Lipinski definition) is 0. The number of Topliss-reactive ketones (excluding diaryl/α,β-unsaturated/α-hetero) is 1. The van der Waals surface area contributed by atoms with Crippen LogP contribution in [0, 0.1) is 46.3 Å². The van der Waals surface area contributed by atoms with Crippen molar-refractivity contribution < 1.29 is 9.53 Å². The van der Waals surface area contributed by atoms with Gasteiger partial charge in [-0.3, -0.25) is 4.79 Å². The van der Waals surface area contributed by atoms with E-state index in [4.69, 9.17) is 4.74 Å². The highest BCUT2D eigenvalue weighted by atomic mass is 16.6. The molecule has 0 bridgehead atoms. The summed E-state index contributed by atoms with van der Waals surface area (Å²) in [6, 6.07) is 0. The first-order valence-electron chi connectivity index (χ1n) is 11.2. The lowest BCUT2D eigenvalue weighted by Crippen LogP contribution is -2.50. The zero-order chi connectivity index (χ0) is 18.3. The Hall–Kier alpha value is -0.630. The number of carbonyl (C=O) groups is 1. The fourth-order valence-corrected chi connectivity index (χ4v) is 8.14. The summed E-state index contributed by atoms with van der Waals surface area (Å²) in [5.74, 6) is 4.22. The number of carbonyl (C=O) groups excluding carboxylic acids is 1. The second-order valence-corrected chi connectivity index (χ2v) is 11.0. The number of fused-ring (bicyclic) bond motifs is 5. The van der Waals surface area contributed by atoms with Crippen molar-refractivity contribution in [3.8, 4) is 0 Å². The summed E-state index contributed by atoms with van der Waals surface area (Å²) in [5.41, 5.74) is 2.40. The van der Waals surface area contributed by atoms with Crippen LogP contribution in [-0.2, 0) is 9.53 Å². The molecule has 1 heterocycles. The summed E-state index contributed by atoms with van der Waals surface area (Å²) in [5, 5.41) is 0. The van der Waals surface area contributed by atoms with Gasteiger partial charge in [0.1, 0.15) is 5.78 Å². The van der Waals surface area contributed by atoms with Gasteiger partial charge in [0, 0.05) is 12.3 Å². The standard InChI is InChI=1S/C24H36O2/c1-14-7-9-23(3)16(11-14)5-6-17-18(23)8-10-24(4)19(17)12-20(25)22(24)15(2)21-13-26-21/h5,14-15,17-19,21-22H,6-13H2,1-4H3/t14-,15+,17+,18-,19-,21?,22-,23-,24-/m0/s1. The molecule has 4 fully saturated rings. The number of epoxide rings is 1. The molecule has 0 amide bonds. The lowest BCUT2D eigenvalue weighted by Gasteiger charge is -2.58. The maximum absolute atomic E-state index is 13.1. The average Bonchev–Trinajstić information content (AvgIpc) is 3.39. The molecule has 3 saturated carbocycles. The molecule has 1 unspecified atom stereocenters. The van der Waals surface area contributed by atoms with Crippen molar-refractivity contribution in [2.24, 2.45) is 46.3 Å². The molecule has 0 aromatic heterocycles. The third kappa shape index (κ3) is 2.30. The normalized spacial score (nSPS) is 54.0. The topological polar surface area (TPSA) is 29.6 Å². The molecule has 26 heavy (non-hydrogen) atoms. The summed E-state index contributed by atoms with van der Waals surface area (Å²) in [6.45, 7) is 10.6. The maximum atomic E-state index is 13.1. The zero-order valence-corrected chi connectivity index (χ0v) is 17.1. The molecule has 0 radical (unpaired) electrons. The minimum absolute atomic E-state index is 0.216. The first-order chi connectivity index (χ1) is 12.3. The first-order valence-corrected chi connectivity index (χ1v) is 11.2. The van der Waals surface area contributed by atoms with Crippen LogP contribution in [0.5, 0.6) is 0 Å². The van der Waals surface area contributed by atoms with Crippen LogP contribution < -0.4 is 0 Å². The summed E-state index contributed by atoms with van der Waals surface area (Å²) in [4.78, 5) is 13.1. The highest BCUT2D eigenvalue weighted by Crippen LogP contribution is 2.67. The van der Waals surface area contributed by atoms with Crippen LogP contribution in [0.1, 0.15) is 72.6 Å². The zero-order valence-electron chi connectivity index (χ0n) is 17.1. The Balaban J connectivity index is 1.47. The lowest BCUT2D eigenvalue weighted by molar-refractivity contribution is -0.124. The van der Waals surface area contributed by atoms with E-state index < -0.39 is 0 Å². The molecule has 2 heteroatoms. The van der Waals surface area contributed by atoms with Crippen molar-refractivity contribution in [2.75, 3.05) is 6.61 Å². The Morgan fingerprint density at radius 1 is 1.15 bits per heavy atom. The number of ketones is 1. The molecule has 0 spiro atoms. The molecule has 0 aromatic carbocycles. The van der Waals surface area contributed by atoms with Crippen molar-refractivity contribution in [3.05, 3.63) is 11.6 Å². The van der Waals surface area contributed by atoms with Gasteiger partial charge in [-0.2, -0.15) is 0 Å². The number of rotatable bonds is 2. The minimum Gasteiger partial charge on any atom is -0.373 e. The van der Waals surface area contributed by atoms with E-state index in [1.165, 1.54) is 38.5 Å². The van der Waals surface area contributed by atoms with Gasteiger partial charge in [-0.15, -0.1) is 0 Å². The van der Waals surface area contributed by atoms with E-state index in [2.05, 4.69) is 33.8 Å². The molecule has 5 aliphatic rings. The van der Waals surface area contributed by atoms with E-state index in [1.54, 1.807) is 5.57 Å². The lowest BCUT2D eigenvalue weighted by atomic mass is 9.46. The van der Waals surface area contributed by atoms with Crippen LogP contribution >= 0.6 is 0 Å². The molecule has 0 N–H and O–H groups in total. The molecule has 144 valence electrons. The van der Waals surface area contributed by atoms with E-state index >= 15 is 0 Å². The predicted octanol–water partition coefficient (Wildman–Crippen LogP) is 5.42. The van der Waals surface area contributed by atoms with Crippen LogP contribution in [0.3, 0.4) is 0 Å². The Labute approximate surface area is 159 Å². The van der Waals surface area contributed by atoms with Crippen LogP contribution in [0.15, 0.2) is 11.6 Å². The Bertz CT molecular complexity index is 647. The van der Waals surface area contributed by atoms with Gasteiger partial charge in [-0.25, -0.2) is 0 Å². The largest absolute Gasteiger partial charge is 0.373 e. The van der Waals surface area contributed by atoms with Crippen LogP contribution in [0.2, 0.25) is 0 Å². The molecule has 1 aliphatic heterocycles. The summed E-state index contributed by atoms with van der Waals surface area (Å²) < 4.78 is 5.60. The van der Waals surface area contributed by atoms with E-state index in [-0.39, 0.29) is 11.3 Å². The van der Waals surface area contributed by atoms with Crippen LogP contribution in [0.25, 0.3) is 0 Å². The second kappa shape index (κ2) is 5.69. The van der Waals surface area contributed by atoms with Crippen molar-refractivity contribution in [2.45, 2.75) is 78.7 Å². The highest BCUT2D eigenvalue weighted by Gasteiger charge is 2.62. The molecular formula is C24H36O2. The SMILES string of the molecule is C[C@H]1CC[C@@]2(C)C(=CC[C@H]3[C@@H]4CC(=O)[C@H]([C@H](C)C5CO5)[C@@]4(C)CC[C@@H]32)C1. The van der Waals surface area contributed by atoms with Crippen molar-refractivity contribution in [1.29, 1.82) is 0 Å². The number of allylic oxidation sites excluding steroid dienone is 2. The van der Waals surface area contributed by atoms with Gasteiger partial charge in [0.2, 0.25) is 0 Å². The number of hydrogen-bond acceptors (Lipinski definition) is 2. The van der Waals surface area contributed by atoms with Crippen LogP contribution in [-0.4, -0.2) is 18.5 Å². The van der Waals surface area contributed by atoms with Crippen molar-refractivity contribution in [1.82, 2.24) is 0 Å². The summed E-state index contributed by atoms with van der Waals surface area (Å²) in [6.07, 6.45) is 11.7. The predicted molar refractivity (Wildman–Crippen MR) is 104 cm³/mol. The molecule has 4 aliphatic carbocycles. The third-order valence-electron chi connectivity index (χ3n) is 9.74. The van der Waals surface area contributed by atoms with E-state index in [0.29, 0.717) is 29.1 Å². The smallest absolute Gasteiger partial charge is 0.137 e. The molecule has 1 saturated heterocycles. The van der Waals surface area contributed by atoms with Gasteiger partial charge in [0.05, 0.1) is 12.7 Å². The minimum atomic E-state index is 0.216. The second-order valence-electron chi connectivity index (χ2n) is 11.0. The molecule has 2 nitrogen and oxygen atoms in total. The van der Waals surface area contributed by atoms with Gasteiger partial charge in [0.15, 0.2) is 0 Å². The highest BCUT2D eigenvalue weighted by molar-refractivity contribution is 5.85. The summed E-state index contributed by atoms with van der Waals surface area (Å²) in [7, 11) is 0. The quantitative estimate of drug-likeness (QED) is 0.489. The van der Waals surface area contributed by atoms with Crippen molar-refractivity contribution >= 4 is 5.78 Å². The van der Waals surface area contributed by atoms with Crippen molar-refractivity contribution in [3.63, 3.8) is 0 Å². The Kier molecular flexibility index (Phi) is 3.82. The van der Waals surface area contributed by atoms with Gasteiger partial charge < -0.3 is 4.74 Å².